The Morgan fingerprint density at radius 2 is 1.98 bits per heavy atom. The number of amides is 1. The van der Waals surface area contributed by atoms with Gasteiger partial charge in [-0.2, -0.15) is 4.39 Å². The molecule has 0 spiro atoms. The van der Waals surface area contributed by atoms with Gasteiger partial charge in [0.1, 0.15) is 5.65 Å². The predicted molar refractivity (Wildman–Crippen MR) is 161 cm³/mol. The van der Waals surface area contributed by atoms with E-state index in [2.05, 4.69) is 15.4 Å². The van der Waals surface area contributed by atoms with Crippen LogP contribution in [0.15, 0.2) is 41.5 Å². The van der Waals surface area contributed by atoms with E-state index in [0.29, 0.717) is 64.8 Å². The van der Waals surface area contributed by atoms with Gasteiger partial charge in [-0.05, 0) is 30.9 Å². The zero-order valence-corrected chi connectivity index (χ0v) is 25.2. The lowest BCUT2D eigenvalue weighted by Gasteiger charge is -2.30. The Kier molecular flexibility index (Phi) is 6.63. The Morgan fingerprint density at radius 3 is 2.66 bits per heavy atom. The third-order valence-corrected chi connectivity index (χ3v) is 9.40. The summed E-state index contributed by atoms with van der Waals surface area (Å²) in [4.78, 5) is 34.4. The first-order valence-electron chi connectivity index (χ1n) is 14.6. The van der Waals surface area contributed by atoms with Crippen LogP contribution in [0.2, 0.25) is 0 Å². The Labute approximate surface area is 251 Å². The highest BCUT2D eigenvalue weighted by Gasteiger charge is 2.40. The Balaban J connectivity index is 1.56. The molecule has 1 aromatic carbocycles. The quantitative estimate of drug-likeness (QED) is 0.317. The number of nitrogens with one attached hydrogen (secondary N) is 2. The van der Waals surface area contributed by atoms with Crippen molar-refractivity contribution in [3.05, 3.63) is 58.7 Å². The smallest absolute Gasteiger partial charge is 0.407 e. The van der Waals surface area contributed by atoms with Crippen molar-refractivity contribution in [3.8, 4) is 22.4 Å². The number of aromatic amines is 1. The van der Waals surface area contributed by atoms with Gasteiger partial charge < -0.3 is 24.5 Å². The SMILES string of the molecule is COC(=O)N[C@H]1C[C@H]2C[C@H]1OCC[C@@](C)(OC)c1ccc(cc1)-c1c(-c3cn(C)nc3F)[nH]c3ncc4c(c13)n2c(=O)n4C. The number of H-pyrrole nitrogens is 1. The molecule has 4 atom stereocenters. The molecular formula is C31H34FN7O5. The molecular weight excluding hydrogens is 569 g/mol. The van der Waals surface area contributed by atoms with E-state index in [9.17, 15) is 9.59 Å². The van der Waals surface area contributed by atoms with Crippen molar-refractivity contribution in [2.45, 2.75) is 50.0 Å². The Morgan fingerprint density at radius 1 is 1.20 bits per heavy atom. The summed E-state index contributed by atoms with van der Waals surface area (Å²) in [6.45, 7) is 2.38. The standard InChI is InChI=1S/C31H34FN7O5/c1-31(43-5)10-11-44-22-13-18(12-20(22)34-29(40)42-4)39-26-21(38(3)30(39)41)14-33-28-24(26)23(16-6-8-17(31)9-7-16)25(35-28)19-15-37(2)36-27(19)32/h6-9,14-15,18,20,22H,10-13H2,1-5H3,(H,33,35)(H,34,40)/t18-,20-,22+,31+/m0/s1. The van der Waals surface area contributed by atoms with Crippen LogP contribution in [0.4, 0.5) is 9.18 Å². The van der Waals surface area contributed by atoms with Crippen molar-refractivity contribution in [1.29, 1.82) is 0 Å². The zero-order valence-electron chi connectivity index (χ0n) is 25.2. The molecule has 2 aliphatic heterocycles. The highest BCUT2D eigenvalue weighted by atomic mass is 19.1. The number of halogens is 1. The van der Waals surface area contributed by atoms with Crippen molar-refractivity contribution in [1.82, 2.24) is 34.2 Å². The number of rotatable bonds is 3. The second-order valence-electron chi connectivity index (χ2n) is 11.8. The van der Waals surface area contributed by atoms with Gasteiger partial charge in [0.25, 0.3) is 0 Å². The van der Waals surface area contributed by atoms with E-state index in [1.54, 1.807) is 42.7 Å². The number of alkyl carbamates (subject to hydrolysis) is 1. The maximum Gasteiger partial charge on any atom is 0.407 e. The molecule has 12 nitrogen and oxygen atoms in total. The summed E-state index contributed by atoms with van der Waals surface area (Å²) >= 11 is 0. The van der Waals surface area contributed by atoms with Gasteiger partial charge in [-0.1, -0.05) is 24.3 Å². The normalized spacial score (nSPS) is 23.4. The van der Waals surface area contributed by atoms with Gasteiger partial charge in [-0.25, -0.2) is 14.6 Å². The highest BCUT2D eigenvalue weighted by molar-refractivity contribution is 6.14. The molecule has 5 aromatic rings. The summed E-state index contributed by atoms with van der Waals surface area (Å²) in [7, 11) is 6.37. The summed E-state index contributed by atoms with van der Waals surface area (Å²) in [5.41, 5.74) is 4.22. The van der Waals surface area contributed by atoms with Gasteiger partial charge in [-0.15, -0.1) is 5.10 Å². The molecule has 0 radical (unpaired) electrons. The summed E-state index contributed by atoms with van der Waals surface area (Å²) < 4.78 is 37.4. The molecule has 4 bridgehead atoms. The second-order valence-corrected chi connectivity index (χ2v) is 11.8. The molecule has 1 saturated carbocycles. The minimum atomic E-state index is -0.656. The van der Waals surface area contributed by atoms with Crippen LogP contribution in [0, 0.1) is 5.95 Å². The van der Waals surface area contributed by atoms with Gasteiger partial charge in [0.2, 0.25) is 5.95 Å². The third kappa shape index (κ3) is 4.25. The summed E-state index contributed by atoms with van der Waals surface area (Å²) in [6, 6.07) is 7.27. The molecule has 13 heteroatoms. The van der Waals surface area contributed by atoms with Crippen LogP contribution in [-0.2, 0) is 33.9 Å². The summed E-state index contributed by atoms with van der Waals surface area (Å²) in [6.07, 6.45) is 3.82. The van der Waals surface area contributed by atoms with E-state index in [1.807, 2.05) is 31.2 Å². The van der Waals surface area contributed by atoms with Gasteiger partial charge in [-0.3, -0.25) is 13.8 Å². The lowest BCUT2D eigenvalue weighted by atomic mass is 9.90. The number of fused-ring (bicyclic) bond motifs is 5. The fourth-order valence-electron chi connectivity index (χ4n) is 6.93. The van der Waals surface area contributed by atoms with E-state index in [0.717, 1.165) is 11.1 Å². The lowest BCUT2D eigenvalue weighted by Crippen LogP contribution is -2.41. The van der Waals surface area contributed by atoms with Crippen LogP contribution in [-0.4, -0.2) is 67.9 Å². The van der Waals surface area contributed by atoms with Gasteiger partial charge in [0, 0.05) is 45.4 Å². The third-order valence-electron chi connectivity index (χ3n) is 9.40. The Hall–Kier alpha value is -4.49. The van der Waals surface area contributed by atoms with Crippen molar-refractivity contribution in [2.75, 3.05) is 20.8 Å². The number of aryl methyl sites for hydroxylation is 2. The average Bonchev–Trinajstić information content (AvgIpc) is 3.75. The minimum Gasteiger partial charge on any atom is -0.453 e. The van der Waals surface area contributed by atoms with Crippen LogP contribution in [0.25, 0.3) is 44.5 Å². The number of hydrogen-bond donors (Lipinski definition) is 2. The number of nitrogens with zero attached hydrogens (tertiary/aromatic N) is 5. The molecule has 0 unspecified atom stereocenters. The topological polar surface area (TPSA) is 130 Å². The molecule has 2 N–H and O–H groups in total. The first kappa shape index (κ1) is 28.3. The number of carbonyl (C=O) groups is 1. The van der Waals surface area contributed by atoms with Crippen molar-refractivity contribution >= 4 is 28.2 Å². The molecule has 1 fully saturated rings. The second kappa shape index (κ2) is 10.3. The number of ether oxygens (including phenoxy) is 3. The van der Waals surface area contributed by atoms with Crippen molar-refractivity contribution in [3.63, 3.8) is 0 Å². The molecule has 4 aromatic heterocycles. The number of hydrogen-bond acceptors (Lipinski definition) is 7. The molecule has 3 aliphatic rings. The monoisotopic (exact) mass is 603 g/mol. The van der Waals surface area contributed by atoms with E-state index < -0.39 is 23.7 Å². The highest BCUT2D eigenvalue weighted by Crippen LogP contribution is 2.44. The maximum absolute atomic E-state index is 15.3. The van der Waals surface area contributed by atoms with Crippen LogP contribution in [0.3, 0.4) is 0 Å². The fourth-order valence-corrected chi connectivity index (χ4v) is 6.93. The van der Waals surface area contributed by atoms with E-state index in [-0.39, 0.29) is 17.8 Å². The first-order chi connectivity index (χ1) is 21.1. The van der Waals surface area contributed by atoms with Gasteiger partial charge in [0.15, 0.2) is 0 Å². The number of methoxy groups -OCH3 is 2. The first-order valence-corrected chi connectivity index (χ1v) is 14.6. The van der Waals surface area contributed by atoms with Crippen LogP contribution in [0.1, 0.15) is 37.8 Å². The largest absolute Gasteiger partial charge is 0.453 e. The minimum absolute atomic E-state index is 0.218. The maximum atomic E-state index is 15.3. The molecule has 230 valence electrons. The van der Waals surface area contributed by atoms with Crippen LogP contribution < -0.4 is 11.0 Å². The Bertz CT molecular complexity index is 1970. The number of benzene rings is 1. The number of pyridine rings is 1. The number of aromatic nitrogens is 6. The average molecular weight is 604 g/mol. The van der Waals surface area contributed by atoms with Crippen LogP contribution in [0.5, 0.6) is 0 Å². The molecule has 44 heavy (non-hydrogen) atoms. The lowest BCUT2D eigenvalue weighted by molar-refractivity contribution is -0.0448. The van der Waals surface area contributed by atoms with Gasteiger partial charge in [0.05, 0.1) is 65.3 Å². The molecule has 1 aliphatic carbocycles. The van der Waals surface area contributed by atoms with Crippen LogP contribution >= 0.6 is 0 Å². The molecule has 0 saturated heterocycles. The molecule has 6 heterocycles. The van der Waals surface area contributed by atoms with Gasteiger partial charge >= 0.3 is 11.8 Å². The molecule has 1 amide bonds. The van der Waals surface area contributed by atoms with Crippen molar-refractivity contribution < 1.29 is 23.4 Å². The van der Waals surface area contributed by atoms with E-state index in [1.165, 1.54) is 11.8 Å². The van der Waals surface area contributed by atoms with E-state index >= 15 is 4.39 Å². The van der Waals surface area contributed by atoms with E-state index in [4.69, 9.17) is 19.2 Å². The zero-order chi connectivity index (χ0) is 30.9. The number of carbonyl (C=O) groups excluding carboxylic acids is 1. The summed E-state index contributed by atoms with van der Waals surface area (Å²) in [5.74, 6) is -0.621. The molecule has 8 rings (SSSR count). The fraction of sp³-hybridized carbons (Fsp3) is 0.419. The van der Waals surface area contributed by atoms with Crippen molar-refractivity contribution in [2.24, 2.45) is 14.1 Å². The number of imidazole rings is 1. The summed E-state index contributed by atoms with van der Waals surface area (Å²) in [5, 5.41) is 7.56. The predicted octanol–water partition coefficient (Wildman–Crippen LogP) is 4.13.